The van der Waals surface area contributed by atoms with Crippen molar-refractivity contribution in [3.05, 3.63) is 30.5 Å². The highest BCUT2D eigenvalue weighted by molar-refractivity contribution is 7.85. The van der Waals surface area contributed by atoms with E-state index in [-0.39, 0.29) is 31.7 Å². The van der Waals surface area contributed by atoms with Crippen LogP contribution in [0.25, 0.3) is 10.8 Å². The second kappa shape index (κ2) is 16.0. The van der Waals surface area contributed by atoms with Crippen molar-refractivity contribution in [3.63, 3.8) is 0 Å². The number of rotatable bonds is 17. The molecule has 2 heterocycles. The molecule has 1 N–H and O–H groups in total. The minimum Gasteiger partial charge on any atom is -0.491 e. The van der Waals surface area contributed by atoms with E-state index in [4.69, 9.17) is 23.1 Å². The molecule has 5 rings (SSSR count). The number of likely N-dealkylation sites (tertiary alicyclic amines) is 1. The molecule has 55 heavy (non-hydrogen) atoms. The Hall–Kier alpha value is -3.82. The number of methoxy groups -OCH3 is 1. The minimum atomic E-state index is -4.41. The zero-order valence-corrected chi connectivity index (χ0v) is 34.4. The summed E-state index contributed by atoms with van der Waals surface area (Å²) in [6.07, 6.45) is 2.52. The van der Waals surface area contributed by atoms with E-state index in [2.05, 4.69) is 9.71 Å². The fourth-order valence-electron chi connectivity index (χ4n) is 7.34. The highest BCUT2D eigenvalue weighted by Gasteiger charge is 2.62. The van der Waals surface area contributed by atoms with E-state index in [0.29, 0.717) is 55.9 Å². The number of amides is 2. The molecule has 2 aliphatic carbocycles. The van der Waals surface area contributed by atoms with Crippen molar-refractivity contribution >= 4 is 44.6 Å². The number of hydrogen-bond acceptors (Lipinski definition) is 12. The van der Waals surface area contributed by atoms with Crippen molar-refractivity contribution in [2.45, 2.75) is 124 Å². The number of Topliss-reactive ketones (excluding diaryl/α,β-unsaturated/α-hetero) is 1. The molecule has 15 heteroatoms. The van der Waals surface area contributed by atoms with Gasteiger partial charge in [-0.15, -0.1) is 0 Å². The maximum atomic E-state index is 14.6. The van der Waals surface area contributed by atoms with Crippen LogP contribution in [0.15, 0.2) is 30.5 Å². The van der Waals surface area contributed by atoms with Crippen LogP contribution >= 0.6 is 0 Å². The Balaban J connectivity index is 1.42. The number of ketones is 1. The first kappa shape index (κ1) is 42.3. The number of benzene rings is 1. The van der Waals surface area contributed by atoms with Gasteiger partial charge in [0.25, 0.3) is 0 Å². The summed E-state index contributed by atoms with van der Waals surface area (Å²) in [4.78, 5) is 61.8. The molecule has 1 aromatic carbocycles. The number of carbonyl (C=O) groups is 4. The van der Waals surface area contributed by atoms with Gasteiger partial charge in [0, 0.05) is 31.5 Å². The summed E-state index contributed by atoms with van der Waals surface area (Å²) in [6.45, 7) is 15.2. The van der Waals surface area contributed by atoms with Crippen LogP contribution in [0.1, 0.15) is 100 Å². The van der Waals surface area contributed by atoms with Gasteiger partial charge in [0.15, 0.2) is 5.78 Å². The largest absolute Gasteiger partial charge is 0.491 e. The summed E-state index contributed by atoms with van der Waals surface area (Å²) in [7, 11) is -2.81. The smallest absolute Gasteiger partial charge is 0.362 e. The molecule has 14 nitrogen and oxygen atoms in total. The van der Waals surface area contributed by atoms with Crippen LogP contribution in [0.5, 0.6) is 11.6 Å². The first-order chi connectivity index (χ1) is 25.6. The monoisotopic (exact) mass is 787 g/mol. The second-order valence-corrected chi connectivity index (χ2v) is 18.8. The lowest BCUT2D eigenvalue weighted by Gasteiger charge is -2.35. The third kappa shape index (κ3) is 10.5. The number of hydrogen-bond donors (Lipinski definition) is 1. The summed E-state index contributed by atoms with van der Waals surface area (Å²) in [5.74, 6) is -2.27. The van der Waals surface area contributed by atoms with Gasteiger partial charge >= 0.3 is 16.3 Å². The van der Waals surface area contributed by atoms with Crippen LogP contribution in [0, 0.1) is 22.7 Å². The van der Waals surface area contributed by atoms with Crippen molar-refractivity contribution in [1.82, 2.24) is 14.6 Å². The van der Waals surface area contributed by atoms with Crippen molar-refractivity contribution in [2.24, 2.45) is 22.7 Å². The Labute approximate surface area is 324 Å². The first-order valence-electron chi connectivity index (χ1n) is 19.1. The molecule has 0 bridgehead atoms. The summed E-state index contributed by atoms with van der Waals surface area (Å²) >= 11 is 0. The molecule has 0 radical (unpaired) electrons. The second-order valence-electron chi connectivity index (χ2n) is 17.6. The van der Waals surface area contributed by atoms with Gasteiger partial charge < -0.3 is 23.8 Å². The molecule has 1 aliphatic heterocycles. The Morgan fingerprint density at radius 2 is 1.76 bits per heavy atom. The standard InChI is InChI=1S/C40H57N3O11S/c1-10-26-22-40(26,36(47)42-55(48,49)54-39(8)14-15-39)23-32(44)31-20-28(24-43(31)35(46)30(37(2,3)4)21-33(45)53-38(5,6)7)52-34-29-12-11-27(51-18-17-50-9)19-25(29)13-16-41-34/h11-13,16,19,26,28,30-31H,10,14-15,17-18,20-24H2,1-9H3,(H,42,47)/t26-,28-,30-,31+,40-/m1/s1. The number of nitrogens with zero attached hydrogens (tertiary/aromatic N) is 2. The number of nitrogens with one attached hydrogen (secondary N) is 1. The fraction of sp³-hybridized carbons (Fsp3) is 0.675. The number of aromatic nitrogens is 1. The minimum absolute atomic E-state index is 0.0175. The van der Waals surface area contributed by atoms with E-state index < -0.39 is 74.0 Å². The molecule has 0 unspecified atom stereocenters. The van der Waals surface area contributed by atoms with E-state index in [1.807, 2.05) is 45.9 Å². The highest BCUT2D eigenvalue weighted by Crippen LogP contribution is 2.58. The maximum absolute atomic E-state index is 14.6. The van der Waals surface area contributed by atoms with E-state index in [1.165, 1.54) is 4.90 Å². The van der Waals surface area contributed by atoms with Gasteiger partial charge in [-0.25, -0.2) is 13.9 Å². The number of pyridine rings is 1. The average Bonchev–Trinajstić information content (AvgIpc) is 3.94. The molecule has 2 amide bonds. The Morgan fingerprint density at radius 3 is 2.36 bits per heavy atom. The molecule has 2 saturated carbocycles. The van der Waals surface area contributed by atoms with Crippen molar-refractivity contribution < 1.29 is 50.7 Å². The van der Waals surface area contributed by atoms with Crippen LogP contribution in [-0.4, -0.2) is 92.1 Å². The van der Waals surface area contributed by atoms with Crippen molar-refractivity contribution in [3.8, 4) is 11.6 Å². The molecule has 2 aromatic rings. The predicted octanol–water partition coefficient (Wildman–Crippen LogP) is 5.31. The van der Waals surface area contributed by atoms with Crippen LogP contribution in [0.2, 0.25) is 0 Å². The first-order valence-corrected chi connectivity index (χ1v) is 20.5. The summed E-state index contributed by atoms with van der Waals surface area (Å²) < 4.78 is 55.9. The lowest BCUT2D eigenvalue weighted by Crippen LogP contribution is -2.49. The number of fused-ring (bicyclic) bond motifs is 1. The Bertz CT molecular complexity index is 1880. The van der Waals surface area contributed by atoms with Gasteiger partial charge in [0.1, 0.15) is 24.1 Å². The van der Waals surface area contributed by atoms with Crippen LogP contribution < -0.4 is 14.2 Å². The van der Waals surface area contributed by atoms with Crippen LogP contribution in [-0.2, 0) is 43.1 Å². The third-order valence-corrected chi connectivity index (χ3v) is 11.8. The predicted molar refractivity (Wildman–Crippen MR) is 203 cm³/mol. The quantitative estimate of drug-likeness (QED) is 0.162. The maximum Gasteiger partial charge on any atom is 0.362 e. The van der Waals surface area contributed by atoms with Crippen LogP contribution in [0.4, 0.5) is 0 Å². The number of ether oxygens (including phenoxy) is 4. The molecule has 0 spiro atoms. The van der Waals surface area contributed by atoms with Gasteiger partial charge in [-0.05, 0) is 87.9 Å². The van der Waals surface area contributed by atoms with E-state index >= 15 is 0 Å². The zero-order valence-electron chi connectivity index (χ0n) is 33.6. The van der Waals surface area contributed by atoms with Crippen molar-refractivity contribution in [1.29, 1.82) is 0 Å². The van der Waals surface area contributed by atoms with Gasteiger partial charge in [0.2, 0.25) is 17.7 Å². The normalized spacial score (nSPS) is 23.9. The summed E-state index contributed by atoms with van der Waals surface area (Å²) in [5.41, 5.74) is -3.58. The summed E-state index contributed by atoms with van der Waals surface area (Å²) in [6, 6.07) is 6.31. The lowest BCUT2D eigenvalue weighted by atomic mass is 9.77. The van der Waals surface area contributed by atoms with E-state index in [1.54, 1.807) is 47.1 Å². The van der Waals surface area contributed by atoms with E-state index in [0.717, 1.165) is 5.39 Å². The molecule has 1 saturated heterocycles. The number of esters is 1. The van der Waals surface area contributed by atoms with Gasteiger partial charge in [-0.3, -0.25) is 19.2 Å². The highest BCUT2D eigenvalue weighted by atomic mass is 32.2. The zero-order chi connectivity index (χ0) is 40.6. The van der Waals surface area contributed by atoms with Gasteiger partial charge in [-0.1, -0.05) is 34.1 Å². The molecule has 1 aromatic heterocycles. The molecular formula is C40H57N3O11S. The van der Waals surface area contributed by atoms with E-state index in [9.17, 15) is 27.6 Å². The van der Waals surface area contributed by atoms with Gasteiger partial charge in [-0.2, -0.15) is 8.42 Å². The average molecular weight is 788 g/mol. The van der Waals surface area contributed by atoms with Gasteiger partial charge in [0.05, 0.1) is 42.5 Å². The molecule has 5 atom stereocenters. The van der Waals surface area contributed by atoms with Crippen molar-refractivity contribution in [2.75, 3.05) is 26.9 Å². The Kier molecular flexibility index (Phi) is 12.3. The Morgan fingerprint density at radius 1 is 1.05 bits per heavy atom. The molecule has 304 valence electrons. The fourth-order valence-corrected chi connectivity index (χ4v) is 8.51. The SMILES string of the molecule is CC[C@@H]1C[C@]1(CC(=O)[C@@H]1C[C@@H](Oc2nccc3cc(OCCOC)ccc23)CN1C(=O)[C@@H](CC(=O)OC(C)(C)C)C(C)(C)C)C(=O)NS(=O)(=O)OC1(C)CC1. The summed E-state index contributed by atoms with van der Waals surface area (Å²) in [5, 5.41) is 1.51. The molecule has 3 aliphatic rings. The molecular weight excluding hydrogens is 731 g/mol. The number of carbonyl (C=O) groups excluding carboxylic acids is 4. The molecule has 3 fully saturated rings. The third-order valence-electron chi connectivity index (χ3n) is 10.7. The topological polar surface area (TPSA) is 177 Å². The van der Waals surface area contributed by atoms with Crippen LogP contribution in [0.3, 0.4) is 0 Å². The lowest BCUT2D eigenvalue weighted by molar-refractivity contribution is -0.161.